The van der Waals surface area contributed by atoms with Crippen LogP contribution in [0.15, 0.2) is 12.2 Å². The van der Waals surface area contributed by atoms with Gasteiger partial charge in [0.15, 0.2) is 0 Å². The summed E-state index contributed by atoms with van der Waals surface area (Å²) >= 11 is 0. The van der Waals surface area contributed by atoms with Crippen LogP contribution in [0.2, 0.25) is 0 Å². The Labute approximate surface area is 66.7 Å². The molecular weight excluding hydrogens is 144 g/mol. The number of esters is 1. The van der Waals surface area contributed by atoms with E-state index in [-0.39, 0.29) is 6.61 Å². The number of hydrogen-bond donors (Lipinski definition) is 1. The first-order valence-corrected chi connectivity index (χ1v) is 3.61. The molecule has 0 aliphatic heterocycles. The Morgan fingerprint density at radius 1 is 1.64 bits per heavy atom. The van der Waals surface area contributed by atoms with Crippen LogP contribution in [0, 0.1) is 5.92 Å². The molecule has 11 heavy (non-hydrogen) atoms. The SMILES string of the molecule is CC(C)COC(=O)/C=C/CO. The van der Waals surface area contributed by atoms with Gasteiger partial charge in [0, 0.05) is 6.08 Å². The standard InChI is InChI=1S/C8H14O3/c1-7(2)6-11-8(10)4-3-5-9/h3-4,7,9H,5-6H2,1-2H3/b4-3+. The molecule has 0 aliphatic rings. The van der Waals surface area contributed by atoms with E-state index in [0.29, 0.717) is 12.5 Å². The molecule has 1 N–H and O–H groups in total. The van der Waals surface area contributed by atoms with E-state index in [2.05, 4.69) is 0 Å². The lowest BCUT2D eigenvalue weighted by Gasteiger charge is -2.03. The Morgan fingerprint density at radius 2 is 2.27 bits per heavy atom. The highest BCUT2D eigenvalue weighted by molar-refractivity contribution is 5.81. The van der Waals surface area contributed by atoms with Crippen molar-refractivity contribution in [3.05, 3.63) is 12.2 Å². The van der Waals surface area contributed by atoms with Gasteiger partial charge in [-0.15, -0.1) is 0 Å². The van der Waals surface area contributed by atoms with Crippen LogP contribution in [0.5, 0.6) is 0 Å². The maximum Gasteiger partial charge on any atom is 0.330 e. The smallest absolute Gasteiger partial charge is 0.330 e. The van der Waals surface area contributed by atoms with Gasteiger partial charge in [0.25, 0.3) is 0 Å². The van der Waals surface area contributed by atoms with Gasteiger partial charge in [0.05, 0.1) is 13.2 Å². The van der Waals surface area contributed by atoms with Gasteiger partial charge in [-0.2, -0.15) is 0 Å². The van der Waals surface area contributed by atoms with E-state index in [0.717, 1.165) is 0 Å². The van der Waals surface area contributed by atoms with Gasteiger partial charge in [0.1, 0.15) is 0 Å². The number of aliphatic hydroxyl groups is 1. The molecule has 0 rings (SSSR count). The zero-order chi connectivity index (χ0) is 8.69. The summed E-state index contributed by atoms with van der Waals surface area (Å²) in [7, 11) is 0. The molecule has 0 unspecified atom stereocenters. The minimum absolute atomic E-state index is 0.128. The van der Waals surface area contributed by atoms with Crippen molar-refractivity contribution >= 4 is 5.97 Å². The van der Waals surface area contributed by atoms with E-state index in [1.165, 1.54) is 12.2 Å². The van der Waals surface area contributed by atoms with Gasteiger partial charge in [-0.05, 0) is 5.92 Å². The van der Waals surface area contributed by atoms with Crippen LogP contribution in [0.1, 0.15) is 13.8 Å². The molecule has 0 aliphatic carbocycles. The largest absolute Gasteiger partial charge is 0.462 e. The zero-order valence-electron chi connectivity index (χ0n) is 6.91. The molecule has 0 saturated carbocycles. The fourth-order valence-corrected chi connectivity index (χ4v) is 0.446. The first kappa shape index (κ1) is 10.2. The lowest BCUT2D eigenvalue weighted by molar-refractivity contribution is -0.138. The molecule has 3 nitrogen and oxygen atoms in total. The van der Waals surface area contributed by atoms with Gasteiger partial charge < -0.3 is 9.84 Å². The van der Waals surface area contributed by atoms with Crippen LogP contribution in [-0.2, 0) is 9.53 Å². The third-order valence-electron chi connectivity index (χ3n) is 0.918. The lowest BCUT2D eigenvalue weighted by Crippen LogP contribution is -2.07. The predicted octanol–water partition coefficient (Wildman–Crippen LogP) is 0.734. The van der Waals surface area contributed by atoms with Gasteiger partial charge in [-0.1, -0.05) is 19.9 Å². The van der Waals surface area contributed by atoms with Gasteiger partial charge in [-0.3, -0.25) is 0 Å². The molecule has 3 heteroatoms. The summed E-state index contributed by atoms with van der Waals surface area (Å²) in [6.07, 6.45) is 2.57. The fourth-order valence-electron chi connectivity index (χ4n) is 0.446. The lowest BCUT2D eigenvalue weighted by atomic mass is 10.2. The number of ether oxygens (including phenoxy) is 1. The topological polar surface area (TPSA) is 46.5 Å². The van der Waals surface area contributed by atoms with Crippen molar-refractivity contribution in [2.75, 3.05) is 13.2 Å². The molecule has 0 aromatic heterocycles. The quantitative estimate of drug-likeness (QED) is 0.484. The van der Waals surface area contributed by atoms with Crippen molar-refractivity contribution in [1.82, 2.24) is 0 Å². The second kappa shape index (κ2) is 5.92. The summed E-state index contributed by atoms with van der Waals surface area (Å²) < 4.78 is 4.77. The monoisotopic (exact) mass is 158 g/mol. The molecule has 0 amide bonds. The van der Waals surface area contributed by atoms with E-state index in [4.69, 9.17) is 9.84 Å². The highest BCUT2D eigenvalue weighted by atomic mass is 16.5. The Morgan fingerprint density at radius 3 is 2.73 bits per heavy atom. The molecule has 0 aromatic rings. The minimum Gasteiger partial charge on any atom is -0.462 e. The Hall–Kier alpha value is -0.830. The minimum atomic E-state index is -0.396. The average molecular weight is 158 g/mol. The average Bonchev–Trinajstić information content (AvgIpc) is 1.97. The second-order valence-electron chi connectivity index (χ2n) is 2.61. The molecule has 0 fully saturated rings. The van der Waals surface area contributed by atoms with E-state index in [1.807, 2.05) is 13.8 Å². The van der Waals surface area contributed by atoms with E-state index < -0.39 is 5.97 Å². The molecule has 0 atom stereocenters. The molecule has 0 bridgehead atoms. The molecule has 0 saturated heterocycles. The number of aliphatic hydroxyl groups excluding tert-OH is 1. The fraction of sp³-hybridized carbons (Fsp3) is 0.625. The van der Waals surface area contributed by atoms with Crippen LogP contribution in [0.3, 0.4) is 0 Å². The second-order valence-corrected chi connectivity index (χ2v) is 2.61. The number of carbonyl (C=O) groups is 1. The molecule has 0 heterocycles. The highest BCUT2D eigenvalue weighted by Gasteiger charge is 1.97. The van der Waals surface area contributed by atoms with Crippen molar-refractivity contribution in [3.8, 4) is 0 Å². The van der Waals surface area contributed by atoms with Gasteiger partial charge in [0.2, 0.25) is 0 Å². The summed E-state index contributed by atoms with van der Waals surface area (Å²) in [6.45, 7) is 4.22. The van der Waals surface area contributed by atoms with Crippen LogP contribution < -0.4 is 0 Å². The first-order chi connectivity index (χ1) is 5.16. The maximum atomic E-state index is 10.7. The maximum absolute atomic E-state index is 10.7. The summed E-state index contributed by atoms with van der Waals surface area (Å²) in [4.78, 5) is 10.7. The Kier molecular flexibility index (Phi) is 5.47. The molecular formula is C8H14O3. The summed E-state index contributed by atoms with van der Waals surface area (Å²) in [5.74, 6) is -0.0470. The van der Waals surface area contributed by atoms with Crippen LogP contribution in [0.4, 0.5) is 0 Å². The summed E-state index contributed by atoms with van der Waals surface area (Å²) in [6, 6.07) is 0. The molecule has 0 aromatic carbocycles. The third-order valence-corrected chi connectivity index (χ3v) is 0.918. The number of rotatable bonds is 4. The first-order valence-electron chi connectivity index (χ1n) is 3.61. The van der Waals surface area contributed by atoms with E-state index >= 15 is 0 Å². The van der Waals surface area contributed by atoms with Crippen LogP contribution in [-0.4, -0.2) is 24.3 Å². The van der Waals surface area contributed by atoms with E-state index in [9.17, 15) is 4.79 Å². The molecule has 64 valence electrons. The van der Waals surface area contributed by atoms with Crippen molar-refractivity contribution in [1.29, 1.82) is 0 Å². The zero-order valence-corrected chi connectivity index (χ0v) is 6.91. The Bertz CT molecular complexity index is 138. The Balaban J connectivity index is 3.45. The van der Waals surface area contributed by atoms with Crippen LogP contribution in [0.25, 0.3) is 0 Å². The van der Waals surface area contributed by atoms with Crippen molar-refractivity contribution in [2.24, 2.45) is 5.92 Å². The third kappa shape index (κ3) is 7.06. The van der Waals surface area contributed by atoms with Crippen molar-refractivity contribution in [3.63, 3.8) is 0 Å². The molecule has 0 spiro atoms. The number of carbonyl (C=O) groups excluding carboxylic acids is 1. The number of hydrogen-bond acceptors (Lipinski definition) is 3. The predicted molar refractivity (Wildman–Crippen MR) is 42.0 cm³/mol. The highest BCUT2D eigenvalue weighted by Crippen LogP contribution is 1.92. The van der Waals surface area contributed by atoms with Gasteiger partial charge in [-0.25, -0.2) is 4.79 Å². The van der Waals surface area contributed by atoms with Crippen molar-refractivity contribution in [2.45, 2.75) is 13.8 Å². The molecule has 0 radical (unpaired) electrons. The van der Waals surface area contributed by atoms with Crippen LogP contribution >= 0.6 is 0 Å². The summed E-state index contributed by atoms with van der Waals surface area (Å²) in [5, 5.41) is 8.30. The van der Waals surface area contributed by atoms with Crippen molar-refractivity contribution < 1.29 is 14.6 Å². The van der Waals surface area contributed by atoms with Gasteiger partial charge >= 0.3 is 5.97 Å². The van der Waals surface area contributed by atoms with E-state index in [1.54, 1.807) is 0 Å². The summed E-state index contributed by atoms with van der Waals surface area (Å²) in [5.41, 5.74) is 0. The normalized spacial score (nSPS) is 10.9.